The average Bonchev–Trinajstić information content (AvgIpc) is 3.10. The molecule has 22 heavy (non-hydrogen) atoms. The van der Waals surface area contributed by atoms with E-state index < -0.39 is 0 Å². The molecule has 0 radical (unpaired) electrons. The van der Waals surface area contributed by atoms with Crippen molar-refractivity contribution < 1.29 is 9.21 Å². The quantitative estimate of drug-likeness (QED) is 0.771. The highest BCUT2D eigenvalue weighted by Crippen LogP contribution is 2.29. The molecular formula is C19H23NO2. The molecule has 0 unspecified atom stereocenters. The van der Waals surface area contributed by atoms with Gasteiger partial charge in [0.1, 0.15) is 5.58 Å². The lowest BCUT2D eigenvalue weighted by molar-refractivity contribution is 0.0713. The smallest absolute Gasteiger partial charge is 0.290 e. The van der Waals surface area contributed by atoms with E-state index in [0.717, 1.165) is 35.8 Å². The van der Waals surface area contributed by atoms with Gasteiger partial charge in [0, 0.05) is 17.5 Å². The summed E-state index contributed by atoms with van der Waals surface area (Å²) < 4.78 is 5.86. The molecule has 0 N–H and O–H groups in total. The highest BCUT2D eigenvalue weighted by Gasteiger charge is 2.29. The molecule has 2 aromatic rings. The highest BCUT2D eigenvalue weighted by atomic mass is 16.3. The van der Waals surface area contributed by atoms with Gasteiger partial charge in [0.2, 0.25) is 0 Å². The molecular weight excluding hydrogens is 274 g/mol. The van der Waals surface area contributed by atoms with Crippen LogP contribution in [0.2, 0.25) is 0 Å². The summed E-state index contributed by atoms with van der Waals surface area (Å²) in [6.07, 6.45) is 7.54. The zero-order valence-corrected chi connectivity index (χ0v) is 13.6. The van der Waals surface area contributed by atoms with Gasteiger partial charge in [0.05, 0.1) is 6.04 Å². The second-order valence-electron chi connectivity index (χ2n) is 6.15. The van der Waals surface area contributed by atoms with Gasteiger partial charge < -0.3 is 9.32 Å². The van der Waals surface area contributed by atoms with Crippen molar-refractivity contribution >= 4 is 16.9 Å². The zero-order valence-electron chi connectivity index (χ0n) is 13.6. The van der Waals surface area contributed by atoms with Gasteiger partial charge in [0.15, 0.2) is 5.76 Å². The molecule has 2 heterocycles. The molecule has 0 saturated carbocycles. The Morgan fingerprint density at radius 2 is 2.18 bits per heavy atom. The van der Waals surface area contributed by atoms with E-state index in [-0.39, 0.29) is 11.9 Å². The molecule has 0 aliphatic carbocycles. The minimum atomic E-state index is 0.0115. The molecule has 3 heteroatoms. The van der Waals surface area contributed by atoms with Gasteiger partial charge in [-0.25, -0.2) is 0 Å². The standard InChI is InChI=1S/C19H23NO2/c1-4-5-7-15-8-6-11-20(15)19(21)18-14(3)16-12-13(2)9-10-17(16)22-18/h6,8-10,12,15H,4-5,7,11H2,1-3H3/t15-/m1/s1. The average molecular weight is 297 g/mol. The van der Waals surface area contributed by atoms with E-state index in [1.165, 1.54) is 5.56 Å². The second-order valence-corrected chi connectivity index (χ2v) is 6.15. The van der Waals surface area contributed by atoms with Crippen LogP contribution in [0.5, 0.6) is 0 Å². The lowest BCUT2D eigenvalue weighted by Gasteiger charge is -2.23. The Kier molecular flexibility index (Phi) is 4.06. The predicted molar refractivity (Wildman–Crippen MR) is 89.2 cm³/mol. The number of furan rings is 1. The molecule has 0 fully saturated rings. The van der Waals surface area contributed by atoms with Crippen LogP contribution in [0.3, 0.4) is 0 Å². The Morgan fingerprint density at radius 1 is 1.36 bits per heavy atom. The normalized spacial score (nSPS) is 17.6. The number of benzene rings is 1. The van der Waals surface area contributed by atoms with Gasteiger partial charge in [-0.2, -0.15) is 0 Å². The Bertz CT molecular complexity index is 726. The van der Waals surface area contributed by atoms with Gasteiger partial charge in [-0.3, -0.25) is 4.79 Å². The van der Waals surface area contributed by atoms with Crippen molar-refractivity contribution in [1.82, 2.24) is 4.90 Å². The molecule has 1 aliphatic rings. The van der Waals surface area contributed by atoms with Crippen molar-refractivity contribution in [2.24, 2.45) is 0 Å². The number of hydrogen-bond donors (Lipinski definition) is 0. The minimum Gasteiger partial charge on any atom is -0.451 e. The van der Waals surface area contributed by atoms with Crippen LogP contribution in [-0.2, 0) is 0 Å². The number of amides is 1. The molecule has 0 bridgehead atoms. The van der Waals surface area contributed by atoms with E-state index in [9.17, 15) is 4.79 Å². The van der Waals surface area contributed by atoms with E-state index in [4.69, 9.17) is 4.42 Å². The lowest BCUT2D eigenvalue weighted by atomic mass is 10.1. The summed E-state index contributed by atoms with van der Waals surface area (Å²) >= 11 is 0. The summed E-state index contributed by atoms with van der Waals surface area (Å²) in [5.74, 6) is 0.503. The fraction of sp³-hybridized carbons (Fsp3) is 0.421. The molecule has 1 atom stereocenters. The lowest BCUT2D eigenvalue weighted by Crippen LogP contribution is -2.36. The van der Waals surface area contributed by atoms with Gasteiger partial charge in [-0.05, 0) is 32.4 Å². The Balaban J connectivity index is 1.90. The Labute approximate surface area is 131 Å². The summed E-state index contributed by atoms with van der Waals surface area (Å²) in [4.78, 5) is 14.8. The zero-order chi connectivity index (χ0) is 15.7. The number of carbonyl (C=O) groups excluding carboxylic acids is 1. The summed E-state index contributed by atoms with van der Waals surface area (Å²) in [5, 5.41) is 1.04. The number of carbonyl (C=O) groups is 1. The summed E-state index contributed by atoms with van der Waals surface area (Å²) in [5.41, 5.74) is 2.92. The Morgan fingerprint density at radius 3 is 2.95 bits per heavy atom. The van der Waals surface area contributed by atoms with Gasteiger partial charge >= 0.3 is 0 Å². The molecule has 0 spiro atoms. The monoisotopic (exact) mass is 297 g/mol. The molecule has 116 valence electrons. The maximum atomic E-state index is 12.9. The van der Waals surface area contributed by atoms with E-state index in [2.05, 4.69) is 32.1 Å². The van der Waals surface area contributed by atoms with Crippen LogP contribution in [0.4, 0.5) is 0 Å². The van der Waals surface area contributed by atoms with Crippen molar-refractivity contribution in [3.63, 3.8) is 0 Å². The fourth-order valence-corrected chi connectivity index (χ4v) is 3.14. The van der Waals surface area contributed by atoms with Gasteiger partial charge in [0.25, 0.3) is 5.91 Å². The summed E-state index contributed by atoms with van der Waals surface area (Å²) in [6.45, 7) is 6.89. The maximum Gasteiger partial charge on any atom is 0.290 e. The molecule has 1 aromatic carbocycles. The van der Waals surface area contributed by atoms with Crippen LogP contribution in [0.25, 0.3) is 11.0 Å². The molecule has 0 saturated heterocycles. The van der Waals surface area contributed by atoms with E-state index in [1.54, 1.807) is 0 Å². The third-order valence-electron chi connectivity index (χ3n) is 4.46. The van der Waals surface area contributed by atoms with Gasteiger partial charge in [-0.1, -0.05) is 43.5 Å². The minimum absolute atomic E-state index is 0.0115. The molecule has 1 aliphatic heterocycles. The molecule has 1 amide bonds. The van der Waals surface area contributed by atoms with Crippen LogP contribution < -0.4 is 0 Å². The largest absolute Gasteiger partial charge is 0.451 e. The first-order valence-corrected chi connectivity index (χ1v) is 8.09. The van der Waals surface area contributed by atoms with Crippen LogP contribution in [0.15, 0.2) is 34.8 Å². The Hall–Kier alpha value is -2.03. The number of nitrogens with zero attached hydrogens (tertiary/aromatic N) is 1. The first kappa shape index (κ1) is 14.9. The predicted octanol–water partition coefficient (Wildman–Crippen LogP) is 4.62. The fourth-order valence-electron chi connectivity index (χ4n) is 3.14. The maximum absolute atomic E-state index is 12.9. The molecule has 1 aromatic heterocycles. The summed E-state index contributed by atoms with van der Waals surface area (Å²) in [7, 11) is 0. The molecule has 3 rings (SSSR count). The first-order chi connectivity index (χ1) is 10.6. The van der Waals surface area contributed by atoms with E-state index in [0.29, 0.717) is 12.3 Å². The first-order valence-electron chi connectivity index (χ1n) is 8.09. The SMILES string of the molecule is CCCC[C@@H]1C=CCN1C(=O)c1oc2ccc(C)cc2c1C. The van der Waals surface area contributed by atoms with E-state index >= 15 is 0 Å². The third kappa shape index (κ3) is 2.56. The van der Waals surface area contributed by atoms with Crippen molar-refractivity contribution in [2.75, 3.05) is 6.54 Å². The van der Waals surface area contributed by atoms with Crippen LogP contribution in [0, 0.1) is 13.8 Å². The number of rotatable bonds is 4. The number of hydrogen-bond acceptors (Lipinski definition) is 2. The number of unbranched alkanes of at least 4 members (excludes halogenated alkanes) is 1. The van der Waals surface area contributed by atoms with Crippen LogP contribution in [-0.4, -0.2) is 23.4 Å². The van der Waals surface area contributed by atoms with Crippen LogP contribution in [0.1, 0.15) is 47.9 Å². The summed E-state index contributed by atoms with van der Waals surface area (Å²) in [6, 6.07) is 6.26. The number of fused-ring (bicyclic) bond motifs is 1. The number of aryl methyl sites for hydroxylation is 2. The van der Waals surface area contributed by atoms with Crippen molar-refractivity contribution in [3.8, 4) is 0 Å². The van der Waals surface area contributed by atoms with Crippen molar-refractivity contribution in [2.45, 2.75) is 46.1 Å². The highest BCUT2D eigenvalue weighted by molar-refractivity contribution is 5.99. The van der Waals surface area contributed by atoms with Crippen molar-refractivity contribution in [3.05, 3.63) is 47.2 Å². The second kappa shape index (κ2) is 5.99. The van der Waals surface area contributed by atoms with Crippen LogP contribution >= 0.6 is 0 Å². The topological polar surface area (TPSA) is 33.5 Å². The van der Waals surface area contributed by atoms with Gasteiger partial charge in [-0.15, -0.1) is 0 Å². The molecule has 3 nitrogen and oxygen atoms in total. The van der Waals surface area contributed by atoms with E-state index in [1.807, 2.05) is 24.0 Å². The van der Waals surface area contributed by atoms with Crippen molar-refractivity contribution in [1.29, 1.82) is 0 Å². The third-order valence-corrected chi connectivity index (χ3v) is 4.46.